The minimum atomic E-state index is -3.25. The van der Waals surface area contributed by atoms with Crippen molar-refractivity contribution in [3.05, 3.63) is 100 Å². The molecule has 4 rings (SSSR count). The van der Waals surface area contributed by atoms with Crippen LogP contribution in [0, 0.1) is 14.3 Å². The zero-order valence-corrected chi connectivity index (χ0v) is 20.1. The molecule has 1 amide bonds. The van der Waals surface area contributed by atoms with Crippen LogP contribution in [-0.2, 0) is 9.73 Å². The van der Waals surface area contributed by atoms with Crippen LogP contribution in [0.3, 0.4) is 0 Å². The van der Waals surface area contributed by atoms with Crippen LogP contribution in [0.15, 0.2) is 94.9 Å². The summed E-state index contributed by atoms with van der Waals surface area (Å²) in [4.78, 5) is 17.5. The van der Waals surface area contributed by atoms with Gasteiger partial charge in [-0.2, -0.15) is 0 Å². The molecule has 1 unspecified atom stereocenters. The van der Waals surface area contributed by atoms with Gasteiger partial charge in [-0.05, 0) is 94.4 Å². The molecule has 3 aromatic carbocycles. The first-order valence-electron chi connectivity index (χ1n) is 9.71. The molecule has 166 valence electrons. The van der Waals surface area contributed by atoms with Crippen molar-refractivity contribution in [1.82, 2.24) is 4.98 Å². The van der Waals surface area contributed by atoms with Gasteiger partial charge in [-0.1, -0.05) is 18.2 Å². The Morgan fingerprint density at radius 2 is 1.58 bits per heavy atom. The van der Waals surface area contributed by atoms with E-state index in [1.165, 1.54) is 42.6 Å². The molecule has 1 atom stereocenters. The Hall–Kier alpha value is -3.31. The number of amides is 1. The number of carbonyl (C=O) groups excluding carboxylic acids is 1. The van der Waals surface area contributed by atoms with Crippen molar-refractivity contribution in [3.63, 3.8) is 0 Å². The fraction of sp³-hybridized carbons (Fsp3) is 0. The number of halogens is 2. The molecule has 0 bridgehead atoms. The first-order chi connectivity index (χ1) is 15.7. The van der Waals surface area contributed by atoms with Crippen LogP contribution in [0.5, 0.6) is 0 Å². The fourth-order valence-electron chi connectivity index (χ4n) is 3.15. The van der Waals surface area contributed by atoms with Crippen LogP contribution in [0.25, 0.3) is 11.1 Å². The SMILES string of the molecule is N=S(=O)(c1ccc(C(=O)Nc2cc(-c3ccc(F)cc3)ccc2N)cc1)c1ccc(I)nc1. The number of nitrogen functional groups attached to an aromatic ring is 1. The second kappa shape index (κ2) is 9.28. The van der Waals surface area contributed by atoms with Gasteiger partial charge in [0.25, 0.3) is 5.91 Å². The van der Waals surface area contributed by atoms with E-state index in [0.717, 1.165) is 14.8 Å². The van der Waals surface area contributed by atoms with E-state index in [-0.39, 0.29) is 10.7 Å². The van der Waals surface area contributed by atoms with Crippen molar-refractivity contribution < 1.29 is 13.4 Å². The third-order valence-electron chi connectivity index (χ3n) is 4.96. The van der Waals surface area contributed by atoms with Crippen LogP contribution >= 0.6 is 22.6 Å². The Morgan fingerprint density at radius 3 is 2.21 bits per heavy atom. The summed E-state index contributed by atoms with van der Waals surface area (Å²) in [5.74, 6) is -0.738. The number of rotatable bonds is 5. The molecule has 0 aliphatic rings. The third kappa shape index (κ3) is 5.04. The van der Waals surface area contributed by atoms with E-state index in [4.69, 9.17) is 10.5 Å². The third-order valence-corrected chi connectivity index (χ3v) is 7.44. The van der Waals surface area contributed by atoms with Gasteiger partial charge in [0, 0.05) is 11.8 Å². The number of benzene rings is 3. The molecule has 0 saturated heterocycles. The van der Waals surface area contributed by atoms with Crippen LogP contribution < -0.4 is 11.1 Å². The maximum absolute atomic E-state index is 13.2. The Bertz CT molecular complexity index is 1420. The second-order valence-corrected chi connectivity index (χ2v) is 10.3. The van der Waals surface area contributed by atoms with E-state index in [2.05, 4.69) is 10.3 Å². The highest BCUT2D eigenvalue weighted by molar-refractivity contribution is 14.1. The van der Waals surface area contributed by atoms with E-state index in [0.29, 0.717) is 21.8 Å². The topological polar surface area (TPSA) is 109 Å². The summed E-state index contributed by atoms with van der Waals surface area (Å²) < 4.78 is 35.3. The van der Waals surface area contributed by atoms with Crippen molar-refractivity contribution in [2.24, 2.45) is 0 Å². The first kappa shape index (κ1) is 22.9. The molecule has 4 N–H and O–H groups in total. The maximum Gasteiger partial charge on any atom is 0.255 e. The number of pyridine rings is 1. The highest BCUT2D eigenvalue weighted by Gasteiger charge is 2.16. The Kier molecular flexibility index (Phi) is 6.43. The van der Waals surface area contributed by atoms with Gasteiger partial charge in [-0.15, -0.1) is 0 Å². The Morgan fingerprint density at radius 1 is 0.939 bits per heavy atom. The molecule has 33 heavy (non-hydrogen) atoms. The lowest BCUT2D eigenvalue weighted by Crippen LogP contribution is -2.13. The highest BCUT2D eigenvalue weighted by Crippen LogP contribution is 2.28. The lowest BCUT2D eigenvalue weighted by Gasteiger charge is -2.12. The first-order valence-corrected chi connectivity index (χ1v) is 12.3. The molecule has 6 nitrogen and oxygen atoms in total. The van der Waals surface area contributed by atoms with Crippen molar-refractivity contribution >= 4 is 49.6 Å². The minimum Gasteiger partial charge on any atom is -0.397 e. The number of anilines is 2. The van der Waals surface area contributed by atoms with Crippen LogP contribution in [0.1, 0.15) is 10.4 Å². The number of nitrogens with two attached hydrogens (primary N) is 1. The van der Waals surface area contributed by atoms with E-state index < -0.39 is 15.6 Å². The molecule has 0 saturated carbocycles. The summed E-state index contributed by atoms with van der Waals surface area (Å²) in [5, 5.41) is 2.78. The van der Waals surface area contributed by atoms with Crippen molar-refractivity contribution in [2.75, 3.05) is 11.1 Å². The number of hydrogen-bond donors (Lipinski definition) is 3. The smallest absolute Gasteiger partial charge is 0.255 e. The zero-order valence-electron chi connectivity index (χ0n) is 17.1. The average molecular weight is 572 g/mol. The summed E-state index contributed by atoms with van der Waals surface area (Å²) in [6, 6.07) is 20.5. The van der Waals surface area contributed by atoms with Gasteiger partial charge >= 0.3 is 0 Å². The lowest BCUT2D eigenvalue weighted by atomic mass is 10.0. The van der Waals surface area contributed by atoms with Gasteiger partial charge in [0.1, 0.15) is 19.2 Å². The predicted molar refractivity (Wildman–Crippen MR) is 135 cm³/mol. The van der Waals surface area contributed by atoms with Gasteiger partial charge in [0.15, 0.2) is 0 Å². The molecule has 0 aliphatic carbocycles. The standard InChI is InChI=1S/C24H18FIN4O2S/c25-18-6-1-15(2-7-18)17-5-11-21(27)22(13-17)30-24(31)16-3-8-19(9-4-16)33(28,32)20-10-12-23(26)29-14-20/h1-14,28H,27H2,(H,30,31). The largest absolute Gasteiger partial charge is 0.397 e. The minimum absolute atomic E-state index is 0.278. The molecular formula is C24H18FIN4O2S. The van der Waals surface area contributed by atoms with Crippen molar-refractivity contribution in [1.29, 1.82) is 4.78 Å². The number of carbonyl (C=O) groups is 1. The molecule has 0 spiro atoms. The number of nitrogens with one attached hydrogen (secondary N) is 2. The lowest BCUT2D eigenvalue weighted by molar-refractivity contribution is 0.102. The molecule has 0 aliphatic heterocycles. The normalized spacial score (nSPS) is 12.7. The highest BCUT2D eigenvalue weighted by atomic mass is 127. The molecule has 0 radical (unpaired) electrons. The average Bonchev–Trinajstić information content (AvgIpc) is 2.81. The number of nitrogens with zero attached hydrogens (tertiary/aromatic N) is 1. The van der Waals surface area contributed by atoms with E-state index in [1.807, 2.05) is 22.6 Å². The summed E-state index contributed by atoms with van der Waals surface area (Å²) >= 11 is 2.03. The zero-order chi connectivity index (χ0) is 23.6. The van der Waals surface area contributed by atoms with Gasteiger partial charge in [-0.3, -0.25) is 4.79 Å². The molecule has 9 heteroatoms. The molecule has 0 fully saturated rings. The molecule has 1 aromatic heterocycles. The summed E-state index contributed by atoms with van der Waals surface area (Å²) in [6.45, 7) is 0. The molecule has 4 aromatic rings. The van der Waals surface area contributed by atoms with Gasteiger partial charge in [-0.25, -0.2) is 18.4 Å². The summed E-state index contributed by atoms with van der Waals surface area (Å²) in [6.07, 6.45) is 1.43. The van der Waals surface area contributed by atoms with Gasteiger partial charge in [0.2, 0.25) is 0 Å². The summed E-state index contributed by atoms with van der Waals surface area (Å²) in [5.41, 5.74) is 8.71. The maximum atomic E-state index is 13.2. The van der Waals surface area contributed by atoms with Crippen molar-refractivity contribution in [3.8, 4) is 11.1 Å². The quantitative estimate of drug-likeness (QED) is 0.160. The van der Waals surface area contributed by atoms with Crippen LogP contribution in [-0.4, -0.2) is 15.1 Å². The monoisotopic (exact) mass is 572 g/mol. The number of hydrogen-bond acceptors (Lipinski definition) is 5. The van der Waals surface area contributed by atoms with E-state index in [1.54, 1.807) is 42.5 Å². The van der Waals surface area contributed by atoms with E-state index in [9.17, 15) is 13.4 Å². The van der Waals surface area contributed by atoms with E-state index >= 15 is 0 Å². The Balaban J connectivity index is 1.55. The second-order valence-electron chi connectivity index (χ2n) is 7.16. The summed E-state index contributed by atoms with van der Waals surface area (Å²) in [7, 11) is -3.25. The van der Waals surface area contributed by atoms with Gasteiger partial charge in [0.05, 0.1) is 21.2 Å². The van der Waals surface area contributed by atoms with Crippen molar-refractivity contribution in [2.45, 2.75) is 9.79 Å². The number of aromatic nitrogens is 1. The predicted octanol–water partition coefficient (Wildman–Crippen LogP) is 5.79. The van der Waals surface area contributed by atoms with Gasteiger partial charge < -0.3 is 11.1 Å². The molecular weight excluding hydrogens is 554 g/mol. The fourth-order valence-corrected chi connectivity index (χ4v) is 4.72. The Labute approximate surface area is 204 Å². The van der Waals surface area contributed by atoms with Crippen LogP contribution in [0.4, 0.5) is 15.8 Å². The van der Waals surface area contributed by atoms with Crippen LogP contribution in [0.2, 0.25) is 0 Å². The molecule has 1 heterocycles.